The lowest BCUT2D eigenvalue weighted by Crippen LogP contribution is -1.89. The first-order valence-corrected chi connectivity index (χ1v) is 5.38. The van der Waals surface area contributed by atoms with Gasteiger partial charge in [0.2, 0.25) is 0 Å². The van der Waals surface area contributed by atoms with Crippen molar-refractivity contribution in [1.82, 2.24) is 0 Å². The van der Waals surface area contributed by atoms with E-state index in [1.54, 1.807) is 6.07 Å². The van der Waals surface area contributed by atoms with E-state index in [1.165, 1.54) is 16.9 Å². The van der Waals surface area contributed by atoms with Crippen molar-refractivity contribution in [1.29, 1.82) is 0 Å². The van der Waals surface area contributed by atoms with Crippen LogP contribution < -0.4 is 0 Å². The van der Waals surface area contributed by atoms with Crippen molar-refractivity contribution in [2.24, 2.45) is 0 Å². The average molecular weight is 218 g/mol. The molecule has 0 aliphatic heterocycles. The molecule has 2 nitrogen and oxygen atoms in total. The SMILES string of the molecule is Cc1ccc(-c2ccc(C(=O)O)s2)cc1. The fraction of sp³-hybridized carbons (Fsp3) is 0.0833. The van der Waals surface area contributed by atoms with Crippen LogP contribution in [0.3, 0.4) is 0 Å². The zero-order valence-corrected chi connectivity index (χ0v) is 9.04. The number of thiophene rings is 1. The smallest absolute Gasteiger partial charge is 0.345 e. The lowest BCUT2D eigenvalue weighted by atomic mass is 10.1. The van der Waals surface area contributed by atoms with Crippen LogP contribution in [0.2, 0.25) is 0 Å². The van der Waals surface area contributed by atoms with Crippen molar-refractivity contribution in [3.05, 3.63) is 46.8 Å². The summed E-state index contributed by atoms with van der Waals surface area (Å²) in [6, 6.07) is 11.5. The maximum Gasteiger partial charge on any atom is 0.345 e. The average Bonchev–Trinajstić information content (AvgIpc) is 2.68. The molecule has 1 N–H and O–H groups in total. The van der Waals surface area contributed by atoms with Crippen LogP contribution in [0.5, 0.6) is 0 Å². The molecule has 1 heterocycles. The van der Waals surface area contributed by atoms with Gasteiger partial charge in [0.1, 0.15) is 4.88 Å². The highest BCUT2D eigenvalue weighted by molar-refractivity contribution is 7.17. The summed E-state index contributed by atoms with van der Waals surface area (Å²) in [4.78, 5) is 12.1. The Morgan fingerprint density at radius 1 is 1.13 bits per heavy atom. The van der Waals surface area contributed by atoms with Gasteiger partial charge in [0.05, 0.1) is 0 Å². The Bertz CT molecular complexity index is 483. The number of carbonyl (C=O) groups is 1. The summed E-state index contributed by atoms with van der Waals surface area (Å²) in [6.07, 6.45) is 0. The Kier molecular flexibility index (Phi) is 2.56. The van der Waals surface area contributed by atoms with Crippen LogP contribution in [0.15, 0.2) is 36.4 Å². The number of benzene rings is 1. The molecular weight excluding hydrogens is 208 g/mol. The zero-order chi connectivity index (χ0) is 10.8. The Hall–Kier alpha value is -1.61. The molecule has 15 heavy (non-hydrogen) atoms. The minimum absolute atomic E-state index is 0.380. The van der Waals surface area contributed by atoms with E-state index in [0.717, 1.165) is 10.4 Å². The van der Waals surface area contributed by atoms with Gasteiger partial charge in [-0.25, -0.2) is 4.79 Å². The van der Waals surface area contributed by atoms with Gasteiger partial charge in [-0.05, 0) is 24.6 Å². The van der Waals surface area contributed by atoms with Gasteiger partial charge >= 0.3 is 5.97 Å². The Balaban J connectivity index is 2.37. The molecule has 3 heteroatoms. The van der Waals surface area contributed by atoms with Crippen molar-refractivity contribution < 1.29 is 9.90 Å². The molecule has 2 rings (SSSR count). The molecular formula is C12H10O2S. The summed E-state index contributed by atoms with van der Waals surface area (Å²) < 4.78 is 0. The predicted octanol–water partition coefficient (Wildman–Crippen LogP) is 3.42. The molecule has 0 saturated carbocycles. The van der Waals surface area contributed by atoms with Crippen LogP contribution in [0, 0.1) is 6.92 Å². The first-order valence-electron chi connectivity index (χ1n) is 4.57. The Morgan fingerprint density at radius 2 is 1.80 bits per heavy atom. The van der Waals surface area contributed by atoms with Crippen LogP contribution in [0.4, 0.5) is 0 Å². The molecule has 76 valence electrons. The van der Waals surface area contributed by atoms with Gasteiger partial charge in [-0.3, -0.25) is 0 Å². The third-order valence-electron chi connectivity index (χ3n) is 2.15. The number of aromatic carboxylic acids is 1. The summed E-state index contributed by atoms with van der Waals surface area (Å²) in [5.41, 5.74) is 2.27. The molecule has 0 aliphatic carbocycles. The predicted molar refractivity (Wildman–Crippen MR) is 61.5 cm³/mol. The molecule has 0 atom stereocenters. The summed E-state index contributed by atoms with van der Waals surface area (Å²) in [7, 11) is 0. The third-order valence-corrected chi connectivity index (χ3v) is 3.28. The normalized spacial score (nSPS) is 10.2. The van der Waals surface area contributed by atoms with Crippen molar-refractivity contribution in [3.8, 4) is 10.4 Å². The molecule has 0 saturated heterocycles. The van der Waals surface area contributed by atoms with E-state index in [9.17, 15) is 4.79 Å². The minimum atomic E-state index is -0.863. The maximum atomic E-state index is 10.7. The topological polar surface area (TPSA) is 37.3 Å². The monoisotopic (exact) mass is 218 g/mol. The summed E-state index contributed by atoms with van der Waals surface area (Å²) in [5.74, 6) is -0.863. The van der Waals surface area contributed by atoms with E-state index >= 15 is 0 Å². The summed E-state index contributed by atoms with van der Waals surface area (Å²) >= 11 is 1.30. The quantitative estimate of drug-likeness (QED) is 0.838. The number of carboxylic acids is 1. The van der Waals surface area contributed by atoms with Crippen LogP contribution >= 0.6 is 11.3 Å². The first kappa shape index (κ1) is 9.93. The van der Waals surface area contributed by atoms with Crippen molar-refractivity contribution in [3.63, 3.8) is 0 Å². The lowest BCUT2D eigenvalue weighted by molar-refractivity contribution is 0.0702. The van der Waals surface area contributed by atoms with Crippen LogP contribution in [-0.2, 0) is 0 Å². The molecule has 0 bridgehead atoms. The van der Waals surface area contributed by atoms with Gasteiger partial charge in [-0.15, -0.1) is 11.3 Å². The van der Waals surface area contributed by atoms with Gasteiger partial charge in [-0.2, -0.15) is 0 Å². The molecule has 0 amide bonds. The standard InChI is InChI=1S/C12H10O2S/c1-8-2-4-9(5-3-8)10-6-7-11(15-10)12(13)14/h2-7H,1H3,(H,13,14). The van der Waals surface area contributed by atoms with E-state index in [4.69, 9.17) is 5.11 Å². The molecule has 0 radical (unpaired) electrons. The number of aryl methyl sites for hydroxylation is 1. The van der Waals surface area contributed by atoms with E-state index in [1.807, 2.05) is 37.3 Å². The second-order valence-electron chi connectivity index (χ2n) is 3.34. The molecule has 0 unspecified atom stereocenters. The molecule has 0 fully saturated rings. The lowest BCUT2D eigenvalue weighted by Gasteiger charge is -1.97. The fourth-order valence-electron chi connectivity index (χ4n) is 1.33. The molecule has 1 aromatic heterocycles. The van der Waals surface area contributed by atoms with Gasteiger partial charge in [-0.1, -0.05) is 29.8 Å². The summed E-state index contributed by atoms with van der Waals surface area (Å²) in [5, 5.41) is 8.80. The van der Waals surface area contributed by atoms with Gasteiger partial charge in [0, 0.05) is 4.88 Å². The third kappa shape index (κ3) is 2.07. The Morgan fingerprint density at radius 3 is 2.33 bits per heavy atom. The first-order chi connectivity index (χ1) is 7.16. The fourth-order valence-corrected chi connectivity index (χ4v) is 2.18. The van der Waals surface area contributed by atoms with Crippen LogP contribution in [0.25, 0.3) is 10.4 Å². The van der Waals surface area contributed by atoms with Crippen molar-refractivity contribution in [2.75, 3.05) is 0 Å². The second kappa shape index (κ2) is 3.87. The van der Waals surface area contributed by atoms with Gasteiger partial charge in [0.15, 0.2) is 0 Å². The number of hydrogen-bond donors (Lipinski definition) is 1. The minimum Gasteiger partial charge on any atom is -0.477 e. The van der Waals surface area contributed by atoms with E-state index < -0.39 is 5.97 Å². The molecule has 0 aliphatic rings. The molecule has 0 spiro atoms. The van der Waals surface area contributed by atoms with Crippen molar-refractivity contribution in [2.45, 2.75) is 6.92 Å². The largest absolute Gasteiger partial charge is 0.477 e. The Labute approximate surface area is 91.8 Å². The number of hydrogen-bond acceptors (Lipinski definition) is 2. The molecule has 2 aromatic rings. The second-order valence-corrected chi connectivity index (χ2v) is 4.42. The molecule has 1 aromatic carbocycles. The highest BCUT2D eigenvalue weighted by atomic mass is 32.1. The van der Waals surface area contributed by atoms with E-state index in [-0.39, 0.29) is 0 Å². The van der Waals surface area contributed by atoms with E-state index in [2.05, 4.69) is 0 Å². The zero-order valence-electron chi connectivity index (χ0n) is 8.23. The van der Waals surface area contributed by atoms with Gasteiger partial charge in [0.25, 0.3) is 0 Å². The van der Waals surface area contributed by atoms with Crippen molar-refractivity contribution >= 4 is 17.3 Å². The highest BCUT2D eigenvalue weighted by Gasteiger charge is 2.07. The highest BCUT2D eigenvalue weighted by Crippen LogP contribution is 2.28. The maximum absolute atomic E-state index is 10.7. The van der Waals surface area contributed by atoms with Gasteiger partial charge < -0.3 is 5.11 Å². The number of rotatable bonds is 2. The van der Waals surface area contributed by atoms with Crippen LogP contribution in [0.1, 0.15) is 15.2 Å². The number of carboxylic acid groups (broad SMARTS) is 1. The van der Waals surface area contributed by atoms with Crippen LogP contribution in [-0.4, -0.2) is 11.1 Å². The summed E-state index contributed by atoms with van der Waals surface area (Å²) in [6.45, 7) is 2.03. The van der Waals surface area contributed by atoms with E-state index in [0.29, 0.717) is 4.88 Å².